The number of benzene rings is 1. The third kappa shape index (κ3) is 6.04. The van der Waals surface area contributed by atoms with Gasteiger partial charge in [-0.2, -0.15) is 0 Å². The first-order chi connectivity index (χ1) is 15.0. The van der Waals surface area contributed by atoms with Gasteiger partial charge in [-0.05, 0) is 96.9 Å². The summed E-state index contributed by atoms with van der Waals surface area (Å²) in [6.45, 7) is 9.50. The summed E-state index contributed by atoms with van der Waals surface area (Å²) < 4.78 is 11.7. The normalized spacial score (nSPS) is 24.8. The fraction of sp³-hybridized carbons (Fsp3) is 0.519. The van der Waals surface area contributed by atoms with Crippen LogP contribution < -0.4 is 4.74 Å². The molecule has 0 spiro atoms. The summed E-state index contributed by atoms with van der Waals surface area (Å²) in [7, 11) is 0. The van der Waals surface area contributed by atoms with Gasteiger partial charge in [-0.25, -0.2) is 4.79 Å². The highest BCUT2D eigenvalue weighted by molar-refractivity contribution is 5.89. The van der Waals surface area contributed by atoms with Crippen molar-refractivity contribution < 1.29 is 24.5 Å². The van der Waals surface area contributed by atoms with Crippen molar-refractivity contribution in [3.05, 3.63) is 52.6 Å². The first-order valence-electron chi connectivity index (χ1n) is 11.5. The number of ether oxygens (including phenoxy) is 2. The zero-order valence-corrected chi connectivity index (χ0v) is 19.9. The molecule has 1 aromatic carbocycles. The molecule has 1 aromatic rings. The van der Waals surface area contributed by atoms with Crippen LogP contribution in [0.1, 0.15) is 77.3 Å². The lowest BCUT2D eigenvalue weighted by Gasteiger charge is -2.32. The molecule has 0 aromatic heterocycles. The number of hydrogen-bond acceptors (Lipinski definition) is 5. The highest BCUT2D eigenvalue weighted by atomic mass is 16.6. The second-order valence-corrected chi connectivity index (χ2v) is 9.87. The van der Waals surface area contributed by atoms with Gasteiger partial charge in [0.15, 0.2) is 0 Å². The number of esters is 1. The number of cyclic esters (lactones) is 1. The van der Waals surface area contributed by atoms with Crippen molar-refractivity contribution in [2.45, 2.75) is 90.4 Å². The quantitative estimate of drug-likeness (QED) is 0.320. The average molecular weight is 441 g/mol. The molecule has 0 amide bonds. The molecule has 0 radical (unpaired) electrons. The van der Waals surface area contributed by atoms with Crippen LogP contribution in [0.15, 0.2) is 41.5 Å². The Morgan fingerprint density at radius 1 is 1.31 bits per heavy atom. The standard InChI is InChI=1S/C27H36O5/c1-18(8-6-10-20-11-12-23(26(3,4)30)31-25(20)29)9-7-14-27(5)15-13-21-17-22(28)16-19(2)24(21)32-27/h9-10,13,15-17,23,28,30H,6-8,11-12,14H2,1-5H3. The van der Waals surface area contributed by atoms with Crippen LogP contribution in [0.2, 0.25) is 0 Å². The number of fused-ring (bicyclic) bond motifs is 1. The number of aromatic hydroxyl groups is 1. The van der Waals surface area contributed by atoms with E-state index in [1.807, 2.05) is 19.1 Å². The number of carbonyl (C=O) groups is 1. The van der Waals surface area contributed by atoms with E-state index in [0.29, 0.717) is 18.4 Å². The zero-order valence-electron chi connectivity index (χ0n) is 19.9. The molecule has 32 heavy (non-hydrogen) atoms. The van der Waals surface area contributed by atoms with Crippen molar-refractivity contribution in [1.29, 1.82) is 0 Å². The van der Waals surface area contributed by atoms with Crippen LogP contribution >= 0.6 is 0 Å². The first kappa shape index (κ1) is 24.1. The molecule has 2 aliphatic rings. The predicted octanol–water partition coefficient (Wildman–Crippen LogP) is 5.77. The Hall–Kier alpha value is -2.53. The van der Waals surface area contributed by atoms with E-state index in [1.54, 1.807) is 26.0 Å². The molecule has 5 heteroatoms. The number of aliphatic hydroxyl groups is 1. The maximum Gasteiger partial charge on any atom is 0.334 e. The summed E-state index contributed by atoms with van der Waals surface area (Å²) in [5.74, 6) is 0.791. The molecule has 1 saturated heterocycles. The molecule has 2 N–H and O–H groups in total. The van der Waals surface area contributed by atoms with Crippen LogP contribution in [-0.4, -0.2) is 33.5 Å². The van der Waals surface area contributed by atoms with Gasteiger partial charge in [-0.15, -0.1) is 0 Å². The van der Waals surface area contributed by atoms with Crippen LogP contribution in [0.3, 0.4) is 0 Å². The van der Waals surface area contributed by atoms with Crippen molar-refractivity contribution in [1.82, 2.24) is 0 Å². The Morgan fingerprint density at radius 3 is 2.75 bits per heavy atom. The minimum absolute atomic E-state index is 0.255. The van der Waals surface area contributed by atoms with Gasteiger partial charge in [0, 0.05) is 11.1 Å². The molecule has 2 atom stereocenters. The molecular formula is C27H36O5. The lowest BCUT2D eigenvalue weighted by Crippen LogP contribution is -2.42. The molecule has 0 saturated carbocycles. The van der Waals surface area contributed by atoms with Crippen molar-refractivity contribution in [3.63, 3.8) is 0 Å². The highest BCUT2D eigenvalue weighted by Crippen LogP contribution is 2.38. The van der Waals surface area contributed by atoms with Crippen molar-refractivity contribution in [3.8, 4) is 11.5 Å². The van der Waals surface area contributed by atoms with Gasteiger partial charge in [0.2, 0.25) is 0 Å². The number of carbonyl (C=O) groups excluding carboxylic acids is 1. The Labute approximate surface area is 191 Å². The van der Waals surface area contributed by atoms with E-state index in [1.165, 1.54) is 5.57 Å². The second kappa shape index (κ2) is 9.53. The number of phenolic OH excluding ortho intramolecular Hbond substituents is 1. The van der Waals surface area contributed by atoms with Crippen LogP contribution in [0.5, 0.6) is 11.5 Å². The number of hydrogen-bond donors (Lipinski definition) is 2. The molecule has 2 heterocycles. The molecule has 3 rings (SSSR count). The Bertz CT molecular complexity index is 948. The van der Waals surface area contributed by atoms with Crippen molar-refractivity contribution >= 4 is 12.0 Å². The fourth-order valence-electron chi connectivity index (χ4n) is 4.23. The minimum atomic E-state index is -1.00. The Balaban J connectivity index is 1.48. The minimum Gasteiger partial charge on any atom is -0.508 e. The second-order valence-electron chi connectivity index (χ2n) is 9.87. The lowest BCUT2D eigenvalue weighted by molar-refractivity contribution is -0.162. The summed E-state index contributed by atoms with van der Waals surface area (Å²) in [5.41, 5.74) is 2.46. The monoisotopic (exact) mass is 440 g/mol. The van der Waals surface area contributed by atoms with E-state index in [-0.39, 0.29) is 17.3 Å². The number of rotatable bonds is 7. The van der Waals surface area contributed by atoms with Gasteiger partial charge in [-0.1, -0.05) is 23.8 Å². The zero-order chi connectivity index (χ0) is 23.5. The predicted molar refractivity (Wildman–Crippen MR) is 127 cm³/mol. The molecule has 2 aliphatic heterocycles. The molecule has 174 valence electrons. The smallest absolute Gasteiger partial charge is 0.334 e. The molecular weight excluding hydrogens is 404 g/mol. The SMILES string of the molecule is CC(=CCCC1(C)C=Cc2cc(O)cc(C)c2O1)CCC=C1CCC(C(C)(C)O)OC1=O. The molecule has 2 unspecified atom stereocenters. The van der Waals surface area contributed by atoms with Crippen LogP contribution in [-0.2, 0) is 9.53 Å². The van der Waals surface area contributed by atoms with E-state index in [2.05, 4.69) is 26.0 Å². The van der Waals surface area contributed by atoms with Crippen LogP contribution in [0.25, 0.3) is 6.08 Å². The first-order valence-corrected chi connectivity index (χ1v) is 11.5. The third-order valence-corrected chi connectivity index (χ3v) is 6.28. The van der Waals surface area contributed by atoms with Gasteiger partial charge in [-0.3, -0.25) is 0 Å². The van der Waals surface area contributed by atoms with Crippen molar-refractivity contribution in [2.24, 2.45) is 0 Å². The summed E-state index contributed by atoms with van der Waals surface area (Å²) in [5, 5.41) is 19.8. The van der Waals surface area contributed by atoms with Gasteiger partial charge in [0.25, 0.3) is 0 Å². The largest absolute Gasteiger partial charge is 0.508 e. The summed E-state index contributed by atoms with van der Waals surface area (Å²) in [4.78, 5) is 12.2. The number of aryl methyl sites for hydroxylation is 1. The molecule has 0 bridgehead atoms. The van der Waals surface area contributed by atoms with Crippen molar-refractivity contribution in [2.75, 3.05) is 0 Å². The Morgan fingerprint density at radius 2 is 2.06 bits per heavy atom. The van der Waals surface area contributed by atoms with Crippen LogP contribution in [0, 0.1) is 6.92 Å². The average Bonchev–Trinajstić information content (AvgIpc) is 2.69. The molecule has 0 aliphatic carbocycles. The summed E-state index contributed by atoms with van der Waals surface area (Å²) in [6.07, 6.45) is 12.6. The van der Waals surface area contributed by atoms with Gasteiger partial charge in [0.1, 0.15) is 23.2 Å². The van der Waals surface area contributed by atoms with E-state index < -0.39 is 11.7 Å². The molecule has 1 fully saturated rings. The number of allylic oxidation sites excluding steroid dienone is 3. The third-order valence-electron chi connectivity index (χ3n) is 6.28. The van der Waals surface area contributed by atoms with E-state index in [0.717, 1.165) is 42.6 Å². The summed E-state index contributed by atoms with van der Waals surface area (Å²) in [6, 6.07) is 3.45. The molecule has 5 nitrogen and oxygen atoms in total. The van der Waals surface area contributed by atoms with Gasteiger partial charge >= 0.3 is 5.97 Å². The van der Waals surface area contributed by atoms with E-state index in [4.69, 9.17) is 9.47 Å². The van der Waals surface area contributed by atoms with E-state index in [9.17, 15) is 15.0 Å². The van der Waals surface area contributed by atoms with Gasteiger partial charge < -0.3 is 19.7 Å². The maximum absolute atomic E-state index is 12.2. The fourth-order valence-corrected chi connectivity index (χ4v) is 4.23. The van der Waals surface area contributed by atoms with Crippen LogP contribution in [0.4, 0.5) is 0 Å². The topological polar surface area (TPSA) is 76.0 Å². The number of phenols is 1. The van der Waals surface area contributed by atoms with Gasteiger partial charge in [0.05, 0.1) is 5.60 Å². The maximum atomic E-state index is 12.2. The summed E-state index contributed by atoms with van der Waals surface area (Å²) >= 11 is 0. The Kier molecular flexibility index (Phi) is 7.19. The van der Waals surface area contributed by atoms with E-state index >= 15 is 0 Å². The lowest BCUT2D eigenvalue weighted by atomic mass is 9.92. The highest BCUT2D eigenvalue weighted by Gasteiger charge is 2.35.